The van der Waals surface area contributed by atoms with E-state index >= 15 is 0 Å². The zero-order valence-electron chi connectivity index (χ0n) is 15.3. The molecule has 1 aliphatic rings. The second-order valence-corrected chi connectivity index (χ2v) is 7.09. The van der Waals surface area contributed by atoms with Gasteiger partial charge in [0, 0.05) is 26.1 Å². The number of carbonyl (C=O) groups is 3. The van der Waals surface area contributed by atoms with E-state index in [1.165, 1.54) is 12.1 Å². The van der Waals surface area contributed by atoms with Crippen LogP contribution in [0, 0.1) is 11.8 Å². The van der Waals surface area contributed by atoms with Gasteiger partial charge in [0.1, 0.15) is 5.76 Å². The normalized spacial score (nSPS) is 17.2. The van der Waals surface area contributed by atoms with Crippen molar-refractivity contribution in [1.82, 2.24) is 15.5 Å². The molecule has 1 unspecified atom stereocenters. The summed E-state index contributed by atoms with van der Waals surface area (Å²) >= 11 is 0. The van der Waals surface area contributed by atoms with Crippen molar-refractivity contribution in [2.75, 3.05) is 19.6 Å². The number of piperidine rings is 1. The number of carbonyl (C=O) groups excluding carboxylic acids is 2. The lowest BCUT2D eigenvalue weighted by atomic mass is 9.94. The maximum atomic E-state index is 12.2. The van der Waals surface area contributed by atoms with Gasteiger partial charge < -0.3 is 25.1 Å². The van der Waals surface area contributed by atoms with Crippen molar-refractivity contribution in [2.45, 2.75) is 39.7 Å². The van der Waals surface area contributed by atoms with E-state index in [-0.39, 0.29) is 30.2 Å². The Bertz CT molecular complexity index is 641. The first kappa shape index (κ1) is 19.8. The lowest BCUT2D eigenvalue weighted by Gasteiger charge is -2.32. The fourth-order valence-electron chi connectivity index (χ4n) is 2.93. The highest BCUT2D eigenvalue weighted by molar-refractivity contribution is 5.84. The van der Waals surface area contributed by atoms with Crippen molar-refractivity contribution in [1.29, 1.82) is 0 Å². The molecule has 1 aromatic rings. The molecular weight excluding hydrogens is 338 g/mol. The summed E-state index contributed by atoms with van der Waals surface area (Å²) in [6.07, 6.45) is 2.12. The Labute approximate surface area is 152 Å². The van der Waals surface area contributed by atoms with Crippen LogP contribution in [0.2, 0.25) is 0 Å². The molecule has 144 valence electrons. The van der Waals surface area contributed by atoms with Gasteiger partial charge in [0.15, 0.2) is 0 Å². The zero-order chi connectivity index (χ0) is 19.1. The van der Waals surface area contributed by atoms with Crippen LogP contribution >= 0.6 is 0 Å². The molecule has 1 atom stereocenters. The van der Waals surface area contributed by atoms with E-state index in [2.05, 4.69) is 10.6 Å². The Hall–Kier alpha value is -2.51. The van der Waals surface area contributed by atoms with Crippen LogP contribution in [0.1, 0.15) is 49.4 Å². The standard InChI is InChI=1S/C18H27N3O5/c1-12(2)9-20-18(25)21-7-3-4-13(11-21)8-16(22)19-10-14-5-6-15(26-14)17(23)24/h5-6,12-13H,3-4,7-11H2,1-2H3,(H,19,22)(H,20,25)(H,23,24). The fraction of sp³-hybridized carbons (Fsp3) is 0.611. The molecule has 8 heteroatoms. The van der Waals surface area contributed by atoms with E-state index in [0.717, 1.165) is 12.8 Å². The van der Waals surface area contributed by atoms with Crippen molar-refractivity contribution in [3.8, 4) is 0 Å². The molecule has 1 fully saturated rings. The summed E-state index contributed by atoms with van der Waals surface area (Å²) < 4.78 is 5.10. The predicted molar refractivity (Wildman–Crippen MR) is 94.7 cm³/mol. The molecule has 0 spiro atoms. The van der Waals surface area contributed by atoms with Crippen molar-refractivity contribution in [3.63, 3.8) is 0 Å². The molecule has 0 aromatic carbocycles. The van der Waals surface area contributed by atoms with Crippen molar-refractivity contribution < 1.29 is 23.9 Å². The number of nitrogens with zero attached hydrogens (tertiary/aromatic N) is 1. The molecule has 0 radical (unpaired) electrons. The lowest BCUT2D eigenvalue weighted by Crippen LogP contribution is -2.47. The number of urea groups is 1. The molecule has 26 heavy (non-hydrogen) atoms. The quantitative estimate of drug-likeness (QED) is 0.685. The number of hydrogen-bond acceptors (Lipinski definition) is 4. The Morgan fingerprint density at radius 3 is 2.73 bits per heavy atom. The van der Waals surface area contributed by atoms with E-state index in [9.17, 15) is 14.4 Å². The molecule has 3 amide bonds. The number of aromatic carboxylic acids is 1. The Morgan fingerprint density at radius 1 is 1.31 bits per heavy atom. The first-order valence-corrected chi connectivity index (χ1v) is 8.96. The first-order valence-electron chi connectivity index (χ1n) is 8.96. The number of furan rings is 1. The van der Waals surface area contributed by atoms with Crippen molar-refractivity contribution in [3.05, 3.63) is 23.7 Å². The molecule has 0 aliphatic carbocycles. The van der Waals surface area contributed by atoms with Gasteiger partial charge in [0.2, 0.25) is 11.7 Å². The highest BCUT2D eigenvalue weighted by Gasteiger charge is 2.25. The van der Waals surface area contributed by atoms with E-state index in [4.69, 9.17) is 9.52 Å². The van der Waals surface area contributed by atoms with Crippen LogP contribution in [-0.4, -0.2) is 47.5 Å². The summed E-state index contributed by atoms with van der Waals surface area (Å²) in [5.74, 6) is -0.500. The van der Waals surface area contributed by atoms with Gasteiger partial charge in [-0.3, -0.25) is 4.79 Å². The predicted octanol–water partition coefficient (Wildman–Crippen LogP) is 2.06. The average Bonchev–Trinajstić information content (AvgIpc) is 3.07. The summed E-state index contributed by atoms with van der Waals surface area (Å²) in [6, 6.07) is 2.82. The summed E-state index contributed by atoms with van der Waals surface area (Å²) in [4.78, 5) is 36.8. The summed E-state index contributed by atoms with van der Waals surface area (Å²) in [5, 5.41) is 14.5. The average molecular weight is 365 g/mol. The van der Waals surface area contributed by atoms with E-state index < -0.39 is 5.97 Å². The fourth-order valence-corrected chi connectivity index (χ4v) is 2.93. The Kier molecular flexibility index (Phi) is 7.06. The number of hydrogen-bond donors (Lipinski definition) is 3. The Morgan fingerprint density at radius 2 is 2.08 bits per heavy atom. The lowest BCUT2D eigenvalue weighted by molar-refractivity contribution is -0.122. The monoisotopic (exact) mass is 365 g/mol. The molecule has 8 nitrogen and oxygen atoms in total. The minimum atomic E-state index is -1.14. The van der Waals surface area contributed by atoms with Crippen LogP contribution in [0.25, 0.3) is 0 Å². The highest BCUT2D eigenvalue weighted by Crippen LogP contribution is 2.20. The topological polar surface area (TPSA) is 112 Å². The van der Waals surface area contributed by atoms with Gasteiger partial charge in [0.25, 0.3) is 0 Å². The molecule has 3 N–H and O–H groups in total. The van der Waals surface area contributed by atoms with E-state index in [0.29, 0.717) is 37.7 Å². The Balaban J connectivity index is 1.75. The van der Waals surface area contributed by atoms with Gasteiger partial charge >= 0.3 is 12.0 Å². The van der Waals surface area contributed by atoms with Crippen molar-refractivity contribution in [2.24, 2.45) is 11.8 Å². The minimum Gasteiger partial charge on any atom is -0.475 e. The third-order valence-electron chi connectivity index (χ3n) is 4.27. The summed E-state index contributed by atoms with van der Waals surface area (Å²) in [6.45, 7) is 6.16. The van der Waals surface area contributed by atoms with Crippen LogP contribution in [0.15, 0.2) is 16.5 Å². The molecule has 0 bridgehead atoms. The van der Waals surface area contributed by atoms with Gasteiger partial charge in [-0.25, -0.2) is 9.59 Å². The second kappa shape index (κ2) is 9.26. The molecule has 1 aliphatic heterocycles. The molecule has 2 rings (SSSR count). The molecule has 1 saturated heterocycles. The van der Waals surface area contributed by atoms with Gasteiger partial charge in [-0.15, -0.1) is 0 Å². The van der Waals surface area contributed by atoms with Crippen LogP contribution in [0.4, 0.5) is 4.79 Å². The van der Waals surface area contributed by atoms with Gasteiger partial charge in [0.05, 0.1) is 6.54 Å². The number of carboxylic acid groups (broad SMARTS) is 1. The summed E-state index contributed by atoms with van der Waals surface area (Å²) in [7, 11) is 0. The maximum absolute atomic E-state index is 12.2. The largest absolute Gasteiger partial charge is 0.475 e. The molecule has 2 heterocycles. The van der Waals surface area contributed by atoms with E-state index in [1.807, 2.05) is 13.8 Å². The third kappa shape index (κ3) is 6.09. The third-order valence-corrected chi connectivity index (χ3v) is 4.27. The molecule has 1 aromatic heterocycles. The smallest absolute Gasteiger partial charge is 0.371 e. The molecular formula is C18H27N3O5. The number of amides is 3. The van der Waals surface area contributed by atoms with Crippen LogP contribution in [0.5, 0.6) is 0 Å². The summed E-state index contributed by atoms with van der Waals surface area (Å²) in [5.41, 5.74) is 0. The van der Waals surface area contributed by atoms with Crippen LogP contribution < -0.4 is 10.6 Å². The SMILES string of the molecule is CC(C)CNC(=O)N1CCCC(CC(=O)NCc2ccc(C(=O)O)o2)C1. The van der Waals surface area contributed by atoms with Crippen LogP contribution in [0.3, 0.4) is 0 Å². The highest BCUT2D eigenvalue weighted by atomic mass is 16.4. The second-order valence-electron chi connectivity index (χ2n) is 7.09. The van der Waals surface area contributed by atoms with Crippen molar-refractivity contribution >= 4 is 17.9 Å². The van der Waals surface area contributed by atoms with Gasteiger partial charge in [-0.2, -0.15) is 0 Å². The zero-order valence-corrected chi connectivity index (χ0v) is 15.3. The number of likely N-dealkylation sites (tertiary alicyclic amines) is 1. The maximum Gasteiger partial charge on any atom is 0.371 e. The number of rotatable bonds is 7. The number of carboxylic acids is 1. The van der Waals surface area contributed by atoms with Crippen LogP contribution in [-0.2, 0) is 11.3 Å². The van der Waals surface area contributed by atoms with Gasteiger partial charge in [-0.1, -0.05) is 13.8 Å². The first-order chi connectivity index (χ1) is 12.3. The van der Waals surface area contributed by atoms with Gasteiger partial charge in [-0.05, 0) is 36.8 Å². The minimum absolute atomic E-state index is 0.0689. The number of nitrogens with one attached hydrogen (secondary N) is 2. The molecule has 0 saturated carbocycles. The van der Waals surface area contributed by atoms with E-state index in [1.54, 1.807) is 4.90 Å².